The summed E-state index contributed by atoms with van der Waals surface area (Å²) < 4.78 is 12.0. The molecular formula is C11H23FO. The van der Waals surface area contributed by atoms with E-state index in [1.165, 1.54) is 0 Å². The van der Waals surface area contributed by atoms with E-state index in [-0.39, 0.29) is 24.1 Å². The van der Waals surface area contributed by atoms with Crippen molar-refractivity contribution in [3.63, 3.8) is 0 Å². The van der Waals surface area contributed by atoms with Crippen LogP contribution in [-0.4, -0.2) is 18.4 Å². The Hall–Kier alpha value is -0.110. The highest BCUT2D eigenvalue weighted by atomic mass is 19.1. The van der Waals surface area contributed by atoms with Gasteiger partial charge in [-0.05, 0) is 30.1 Å². The summed E-state index contributed by atoms with van der Waals surface area (Å²) in [4.78, 5) is 0. The Morgan fingerprint density at radius 1 is 1.08 bits per heavy atom. The van der Waals surface area contributed by atoms with Crippen LogP contribution in [0.3, 0.4) is 0 Å². The fraction of sp³-hybridized carbons (Fsp3) is 1.00. The summed E-state index contributed by atoms with van der Waals surface area (Å²) in [5.41, 5.74) is 0.0954. The molecule has 0 amide bonds. The predicted molar refractivity (Wildman–Crippen MR) is 54.5 cm³/mol. The molecule has 0 heterocycles. The van der Waals surface area contributed by atoms with Crippen molar-refractivity contribution in [3.8, 4) is 0 Å². The highest BCUT2D eigenvalue weighted by Gasteiger charge is 2.27. The molecule has 0 saturated heterocycles. The lowest BCUT2D eigenvalue weighted by atomic mass is 9.73. The fourth-order valence-electron chi connectivity index (χ4n) is 1.99. The molecule has 0 fully saturated rings. The van der Waals surface area contributed by atoms with Gasteiger partial charge in [-0.2, -0.15) is 0 Å². The molecule has 0 radical (unpaired) electrons. The monoisotopic (exact) mass is 190 g/mol. The number of aliphatic hydroxyl groups excluding tert-OH is 1. The Morgan fingerprint density at radius 2 is 1.62 bits per heavy atom. The van der Waals surface area contributed by atoms with Crippen LogP contribution in [-0.2, 0) is 0 Å². The van der Waals surface area contributed by atoms with E-state index in [1.54, 1.807) is 0 Å². The molecule has 80 valence electrons. The smallest absolute Gasteiger partial charge is 0.0894 e. The van der Waals surface area contributed by atoms with E-state index in [0.717, 1.165) is 12.8 Å². The summed E-state index contributed by atoms with van der Waals surface area (Å²) >= 11 is 0. The molecule has 1 nitrogen and oxygen atoms in total. The van der Waals surface area contributed by atoms with Gasteiger partial charge in [0.1, 0.15) is 0 Å². The summed E-state index contributed by atoms with van der Waals surface area (Å²) in [5, 5.41) is 9.11. The maximum atomic E-state index is 12.0. The number of halogens is 1. The van der Waals surface area contributed by atoms with Gasteiger partial charge in [0.25, 0.3) is 0 Å². The van der Waals surface area contributed by atoms with Crippen LogP contribution in [0, 0.1) is 10.8 Å². The molecule has 0 atom stereocenters. The van der Waals surface area contributed by atoms with Crippen molar-refractivity contribution >= 4 is 0 Å². The van der Waals surface area contributed by atoms with Gasteiger partial charge >= 0.3 is 0 Å². The lowest BCUT2D eigenvalue weighted by Crippen LogP contribution is -2.26. The highest BCUT2D eigenvalue weighted by molar-refractivity contribution is 4.78. The van der Waals surface area contributed by atoms with E-state index >= 15 is 0 Å². The first kappa shape index (κ1) is 12.9. The van der Waals surface area contributed by atoms with Crippen LogP contribution in [0.25, 0.3) is 0 Å². The van der Waals surface area contributed by atoms with E-state index in [2.05, 4.69) is 13.8 Å². The number of hydrogen-bond donors (Lipinski definition) is 1. The third-order valence-corrected chi connectivity index (χ3v) is 2.37. The van der Waals surface area contributed by atoms with Crippen LogP contribution < -0.4 is 0 Å². The number of alkyl halides is 1. The van der Waals surface area contributed by atoms with Crippen molar-refractivity contribution in [2.75, 3.05) is 13.3 Å². The fourth-order valence-corrected chi connectivity index (χ4v) is 1.99. The Kier molecular flexibility index (Phi) is 4.90. The quantitative estimate of drug-likeness (QED) is 0.682. The molecule has 13 heavy (non-hydrogen) atoms. The zero-order valence-corrected chi connectivity index (χ0v) is 9.36. The van der Waals surface area contributed by atoms with Gasteiger partial charge in [0, 0.05) is 6.61 Å². The minimum absolute atomic E-state index is 0.0419. The summed E-state index contributed by atoms with van der Waals surface area (Å²) in [6, 6.07) is 0. The molecule has 0 saturated carbocycles. The van der Waals surface area contributed by atoms with E-state index < -0.39 is 0 Å². The van der Waals surface area contributed by atoms with Crippen LogP contribution in [0.1, 0.15) is 47.0 Å². The molecule has 0 rings (SSSR count). The minimum atomic E-state index is -0.233. The Labute approximate surface area is 81.3 Å². The second kappa shape index (κ2) is 4.94. The lowest BCUT2D eigenvalue weighted by Gasteiger charge is -2.33. The van der Waals surface area contributed by atoms with Crippen LogP contribution >= 0.6 is 0 Å². The van der Waals surface area contributed by atoms with Crippen molar-refractivity contribution in [3.05, 3.63) is 0 Å². The van der Waals surface area contributed by atoms with E-state index in [0.29, 0.717) is 6.42 Å². The van der Waals surface area contributed by atoms with Gasteiger partial charge < -0.3 is 5.11 Å². The maximum absolute atomic E-state index is 12.0. The first-order valence-corrected chi connectivity index (χ1v) is 5.00. The Bertz CT molecular complexity index is 141. The molecule has 0 bridgehead atoms. The summed E-state index contributed by atoms with van der Waals surface area (Å²) in [6.07, 6.45) is 2.47. The molecule has 0 aromatic carbocycles. The molecule has 0 aromatic heterocycles. The number of hydrogen-bond acceptors (Lipinski definition) is 1. The average Bonchev–Trinajstić information content (AvgIpc) is 1.99. The summed E-state index contributed by atoms with van der Waals surface area (Å²) in [6.45, 7) is 8.34. The van der Waals surface area contributed by atoms with Crippen LogP contribution in [0.4, 0.5) is 4.39 Å². The normalized spacial score (nSPS) is 13.4. The third kappa shape index (κ3) is 6.03. The number of aliphatic hydroxyl groups is 1. The first-order valence-electron chi connectivity index (χ1n) is 5.00. The van der Waals surface area contributed by atoms with Crippen molar-refractivity contribution in [1.82, 2.24) is 0 Å². The lowest BCUT2D eigenvalue weighted by molar-refractivity contribution is 0.0966. The zero-order chi connectivity index (χ0) is 10.5. The molecule has 2 heteroatoms. The van der Waals surface area contributed by atoms with Gasteiger partial charge in [0.15, 0.2) is 0 Å². The molecule has 0 aliphatic carbocycles. The Morgan fingerprint density at radius 3 is 2.00 bits per heavy atom. The van der Waals surface area contributed by atoms with Gasteiger partial charge in [-0.3, -0.25) is 4.39 Å². The van der Waals surface area contributed by atoms with Crippen molar-refractivity contribution in [2.24, 2.45) is 10.8 Å². The van der Waals surface area contributed by atoms with E-state index in [4.69, 9.17) is 5.11 Å². The third-order valence-electron chi connectivity index (χ3n) is 2.37. The van der Waals surface area contributed by atoms with Gasteiger partial charge in [0.05, 0.1) is 6.67 Å². The molecule has 0 unspecified atom stereocenters. The summed E-state index contributed by atoms with van der Waals surface area (Å²) in [5.74, 6) is 0. The molecule has 0 aliphatic heterocycles. The van der Waals surface area contributed by atoms with Crippen LogP contribution in [0.2, 0.25) is 0 Å². The van der Waals surface area contributed by atoms with Gasteiger partial charge in [-0.25, -0.2) is 0 Å². The molecule has 1 N–H and O–H groups in total. The van der Waals surface area contributed by atoms with Crippen molar-refractivity contribution in [1.29, 1.82) is 0 Å². The van der Waals surface area contributed by atoms with Crippen LogP contribution in [0.5, 0.6) is 0 Å². The van der Waals surface area contributed by atoms with Crippen molar-refractivity contribution in [2.45, 2.75) is 47.0 Å². The molecular weight excluding hydrogens is 167 g/mol. The minimum Gasteiger partial charge on any atom is -0.396 e. The van der Waals surface area contributed by atoms with Gasteiger partial charge in [-0.1, -0.05) is 27.7 Å². The standard InChI is InChI=1S/C11H23FO/c1-10(2,6-5-7-12)8-11(3,4)9-13/h13H,5-9H2,1-4H3. The topological polar surface area (TPSA) is 20.2 Å². The van der Waals surface area contributed by atoms with Gasteiger partial charge in [0.2, 0.25) is 0 Å². The largest absolute Gasteiger partial charge is 0.396 e. The first-order chi connectivity index (χ1) is 5.83. The Balaban J connectivity index is 4.00. The maximum Gasteiger partial charge on any atom is 0.0894 e. The average molecular weight is 190 g/mol. The van der Waals surface area contributed by atoms with Crippen LogP contribution in [0.15, 0.2) is 0 Å². The zero-order valence-electron chi connectivity index (χ0n) is 9.36. The van der Waals surface area contributed by atoms with E-state index in [9.17, 15) is 4.39 Å². The molecule has 0 aromatic rings. The molecule has 0 aliphatic rings. The second-order valence-electron chi connectivity index (χ2n) is 5.46. The summed E-state index contributed by atoms with van der Waals surface area (Å²) in [7, 11) is 0. The molecule has 0 spiro atoms. The van der Waals surface area contributed by atoms with Gasteiger partial charge in [-0.15, -0.1) is 0 Å². The highest BCUT2D eigenvalue weighted by Crippen LogP contribution is 2.36. The number of rotatable bonds is 6. The SMILES string of the molecule is CC(C)(CO)CC(C)(C)CCCF. The van der Waals surface area contributed by atoms with Crippen molar-refractivity contribution < 1.29 is 9.50 Å². The van der Waals surface area contributed by atoms with E-state index in [1.807, 2.05) is 13.8 Å². The predicted octanol–water partition coefficient (Wildman–Crippen LogP) is 3.17. The second-order valence-corrected chi connectivity index (χ2v) is 5.46.